The Kier molecular flexibility index (Phi) is 2.93. The highest BCUT2D eigenvalue weighted by Crippen LogP contribution is 2.43. The van der Waals surface area contributed by atoms with E-state index in [1.54, 1.807) is 13.4 Å². The second-order valence-electron chi connectivity index (χ2n) is 5.74. The average molecular weight is 282 g/mol. The van der Waals surface area contributed by atoms with Gasteiger partial charge in [-0.3, -0.25) is 0 Å². The zero-order chi connectivity index (χ0) is 15.2. The predicted octanol–water partition coefficient (Wildman–Crippen LogP) is 2.68. The fourth-order valence-electron chi connectivity index (χ4n) is 3.10. The molecule has 1 aliphatic rings. The fraction of sp³-hybridized carbons (Fsp3) is 0.312. The monoisotopic (exact) mass is 282 g/mol. The van der Waals surface area contributed by atoms with E-state index in [1.807, 2.05) is 25.1 Å². The highest BCUT2D eigenvalue weighted by molar-refractivity contribution is 6.15. The molecule has 0 unspecified atom stereocenters. The number of aromatic nitrogens is 2. The van der Waals surface area contributed by atoms with Gasteiger partial charge in [-0.15, -0.1) is 0 Å². The van der Waals surface area contributed by atoms with Crippen molar-refractivity contribution < 1.29 is 4.84 Å². The van der Waals surface area contributed by atoms with Crippen LogP contribution in [0.5, 0.6) is 0 Å². The fourth-order valence-corrected chi connectivity index (χ4v) is 3.10. The molecule has 5 heteroatoms. The summed E-state index contributed by atoms with van der Waals surface area (Å²) in [6, 6.07) is 5.79. The van der Waals surface area contributed by atoms with Gasteiger partial charge < -0.3 is 10.6 Å². The van der Waals surface area contributed by atoms with Crippen LogP contribution in [0.2, 0.25) is 0 Å². The Morgan fingerprint density at radius 3 is 2.67 bits per heavy atom. The minimum Gasteiger partial charge on any atom is -0.399 e. The molecule has 2 N–H and O–H groups in total. The van der Waals surface area contributed by atoms with Crippen LogP contribution in [-0.2, 0) is 10.3 Å². The number of hydrogen-bond donors (Lipinski definition) is 1. The lowest BCUT2D eigenvalue weighted by atomic mass is 9.69. The Morgan fingerprint density at radius 1 is 1.19 bits per heavy atom. The summed E-state index contributed by atoms with van der Waals surface area (Å²) >= 11 is 0. The van der Waals surface area contributed by atoms with Gasteiger partial charge in [0.05, 0.1) is 11.4 Å². The van der Waals surface area contributed by atoms with Crippen LogP contribution in [0.15, 0.2) is 29.7 Å². The van der Waals surface area contributed by atoms with Crippen molar-refractivity contribution >= 4 is 11.4 Å². The van der Waals surface area contributed by atoms with Crippen molar-refractivity contribution in [2.75, 3.05) is 12.8 Å². The van der Waals surface area contributed by atoms with E-state index in [0.29, 0.717) is 5.69 Å². The zero-order valence-electron chi connectivity index (χ0n) is 12.6. The molecule has 0 spiro atoms. The molecule has 0 saturated heterocycles. The van der Waals surface area contributed by atoms with Gasteiger partial charge in [-0.05, 0) is 32.9 Å². The van der Waals surface area contributed by atoms with E-state index in [2.05, 4.69) is 29.0 Å². The van der Waals surface area contributed by atoms with Crippen molar-refractivity contribution in [3.63, 3.8) is 0 Å². The normalized spacial score (nSPS) is 17.2. The minimum atomic E-state index is -0.350. The molecule has 21 heavy (non-hydrogen) atoms. The van der Waals surface area contributed by atoms with E-state index in [0.717, 1.165) is 33.8 Å². The van der Waals surface area contributed by atoms with Crippen molar-refractivity contribution in [1.29, 1.82) is 0 Å². The molecule has 1 aromatic heterocycles. The van der Waals surface area contributed by atoms with Crippen LogP contribution in [0.1, 0.15) is 30.7 Å². The molecule has 1 aliphatic carbocycles. The molecule has 1 aromatic carbocycles. The van der Waals surface area contributed by atoms with E-state index in [-0.39, 0.29) is 5.41 Å². The highest BCUT2D eigenvalue weighted by atomic mass is 16.6. The van der Waals surface area contributed by atoms with Crippen LogP contribution in [-0.4, -0.2) is 22.8 Å². The van der Waals surface area contributed by atoms with E-state index in [4.69, 9.17) is 10.6 Å². The van der Waals surface area contributed by atoms with Crippen LogP contribution >= 0.6 is 0 Å². The quantitative estimate of drug-likeness (QED) is 0.644. The molecule has 1 heterocycles. The summed E-state index contributed by atoms with van der Waals surface area (Å²) in [4.78, 5) is 13.9. The van der Waals surface area contributed by atoms with E-state index >= 15 is 0 Å². The van der Waals surface area contributed by atoms with Crippen LogP contribution < -0.4 is 5.73 Å². The first-order chi connectivity index (χ1) is 9.96. The van der Waals surface area contributed by atoms with Crippen molar-refractivity contribution in [2.24, 2.45) is 5.16 Å². The number of nitrogens with two attached hydrogens (primary N) is 1. The number of fused-ring (bicyclic) bond motifs is 3. The second-order valence-corrected chi connectivity index (χ2v) is 5.74. The lowest BCUT2D eigenvalue weighted by Crippen LogP contribution is -2.36. The molecule has 0 aliphatic heterocycles. The van der Waals surface area contributed by atoms with E-state index in [1.165, 1.54) is 0 Å². The first-order valence-corrected chi connectivity index (χ1v) is 6.80. The maximum Gasteiger partial charge on any atom is 0.116 e. The summed E-state index contributed by atoms with van der Waals surface area (Å²) in [6.45, 7) is 6.20. The number of anilines is 1. The van der Waals surface area contributed by atoms with E-state index < -0.39 is 0 Å². The number of rotatable bonds is 1. The lowest BCUT2D eigenvalue weighted by molar-refractivity contribution is 0.211. The molecular weight excluding hydrogens is 264 g/mol. The highest BCUT2D eigenvalue weighted by Gasteiger charge is 2.40. The Hall–Kier alpha value is -2.43. The Bertz CT molecular complexity index is 750. The molecule has 0 atom stereocenters. The lowest BCUT2D eigenvalue weighted by Gasteiger charge is -2.35. The van der Waals surface area contributed by atoms with Gasteiger partial charge >= 0.3 is 0 Å². The summed E-state index contributed by atoms with van der Waals surface area (Å²) < 4.78 is 0. The molecule has 0 bridgehead atoms. The molecule has 5 nitrogen and oxygen atoms in total. The Balaban J connectivity index is 2.44. The van der Waals surface area contributed by atoms with Gasteiger partial charge in [0.15, 0.2) is 0 Å². The maximum absolute atomic E-state index is 5.95. The number of nitrogens with zero attached hydrogens (tertiary/aromatic N) is 3. The standard InChI is InChI=1S/C16H18N4O/c1-9-13-14(19-8-18-9)11-6-5-10(17)7-12(11)15(20-21-4)16(13,2)3/h5-8H,17H2,1-4H3/b20-15+. The molecule has 0 fully saturated rings. The Labute approximate surface area is 123 Å². The van der Waals surface area contributed by atoms with Gasteiger partial charge in [-0.1, -0.05) is 11.2 Å². The predicted molar refractivity (Wildman–Crippen MR) is 83.2 cm³/mol. The molecule has 0 saturated carbocycles. The topological polar surface area (TPSA) is 73.4 Å². The third-order valence-corrected chi connectivity index (χ3v) is 3.99. The summed E-state index contributed by atoms with van der Waals surface area (Å²) in [6.07, 6.45) is 1.60. The molecule has 3 rings (SSSR count). The van der Waals surface area contributed by atoms with Crippen LogP contribution in [0.25, 0.3) is 11.3 Å². The minimum absolute atomic E-state index is 0.350. The zero-order valence-corrected chi connectivity index (χ0v) is 12.6. The van der Waals surface area contributed by atoms with Crippen LogP contribution in [0.4, 0.5) is 5.69 Å². The number of nitrogen functional groups attached to an aromatic ring is 1. The van der Waals surface area contributed by atoms with Crippen LogP contribution in [0.3, 0.4) is 0 Å². The van der Waals surface area contributed by atoms with Gasteiger partial charge in [-0.2, -0.15) is 0 Å². The molecular formula is C16H18N4O. The molecule has 0 amide bonds. The van der Waals surface area contributed by atoms with Crippen LogP contribution in [0, 0.1) is 6.92 Å². The summed E-state index contributed by atoms with van der Waals surface area (Å²) in [7, 11) is 1.55. The third-order valence-electron chi connectivity index (χ3n) is 3.99. The summed E-state index contributed by atoms with van der Waals surface area (Å²) in [5, 5.41) is 4.26. The first-order valence-electron chi connectivity index (χ1n) is 6.80. The smallest absolute Gasteiger partial charge is 0.116 e. The van der Waals surface area contributed by atoms with Gasteiger partial charge in [0.1, 0.15) is 13.4 Å². The molecule has 2 aromatic rings. The summed E-state index contributed by atoms with van der Waals surface area (Å²) in [5.41, 5.74) is 12.1. The molecule has 0 radical (unpaired) electrons. The van der Waals surface area contributed by atoms with Gasteiger partial charge in [0.25, 0.3) is 0 Å². The van der Waals surface area contributed by atoms with Crippen molar-refractivity contribution in [2.45, 2.75) is 26.2 Å². The summed E-state index contributed by atoms with van der Waals surface area (Å²) in [5.74, 6) is 0. The first kappa shape index (κ1) is 13.5. The van der Waals surface area contributed by atoms with E-state index in [9.17, 15) is 0 Å². The number of aryl methyl sites for hydroxylation is 1. The van der Waals surface area contributed by atoms with Crippen molar-refractivity contribution in [1.82, 2.24) is 9.97 Å². The molecule has 108 valence electrons. The van der Waals surface area contributed by atoms with Gasteiger partial charge in [0, 0.05) is 33.5 Å². The van der Waals surface area contributed by atoms with Gasteiger partial charge in [0.2, 0.25) is 0 Å². The average Bonchev–Trinajstić information content (AvgIpc) is 2.43. The number of benzene rings is 1. The Morgan fingerprint density at radius 2 is 1.95 bits per heavy atom. The van der Waals surface area contributed by atoms with Crippen molar-refractivity contribution in [3.8, 4) is 11.3 Å². The largest absolute Gasteiger partial charge is 0.399 e. The van der Waals surface area contributed by atoms with Crippen molar-refractivity contribution in [3.05, 3.63) is 41.3 Å². The number of hydrogen-bond acceptors (Lipinski definition) is 5. The third kappa shape index (κ3) is 1.88. The SMILES string of the molecule is CO/N=C1\c2cc(N)ccc2-c2ncnc(C)c2C1(C)C. The maximum atomic E-state index is 5.95. The number of oxime groups is 1. The second kappa shape index (κ2) is 4.55. The van der Waals surface area contributed by atoms with Gasteiger partial charge in [-0.25, -0.2) is 9.97 Å².